The van der Waals surface area contributed by atoms with Crippen molar-refractivity contribution >= 4 is 17.6 Å². The topological polar surface area (TPSA) is 66.6 Å². The molecule has 1 heterocycles. The highest BCUT2D eigenvalue weighted by atomic mass is 35.5. The minimum atomic E-state index is -0.885. The van der Waals surface area contributed by atoms with E-state index in [2.05, 4.69) is 4.98 Å². The second-order valence-electron chi connectivity index (χ2n) is 4.19. The monoisotopic (exact) mass is 280 g/mol. The van der Waals surface area contributed by atoms with Crippen LogP contribution in [0.4, 0.5) is 0 Å². The number of hydrogen-bond donors (Lipinski definition) is 1. The second kappa shape index (κ2) is 5.86. The Morgan fingerprint density at radius 2 is 2.32 bits per heavy atom. The Morgan fingerprint density at radius 1 is 1.53 bits per heavy atom. The van der Waals surface area contributed by atoms with Gasteiger partial charge < -0.3 is 9.52 Å². The van der Waals surface area contributed by atoms with E-state index in [0.717, 1.165) is 5.56 Å². The molecule has 0 saturated heterocycles. The van der Waals surface area contributed by atoms with Crippen LogP contribution in [0.5, 0.6) is 0 Å². The molecule has 0 bridgehead atoms. The van der Waals surface area contributed by atoms with Gasteiger partial charge in [0, 0.05) is 10.6 Å². The number of hydrogen-bond acceptors (Lipinski definition) is 4. The van der Waals surface area contributed by atoms with Gasteiger partial charge in [-0.05, 0) is 19.2 Å². The van der Waals surface area contributed by atoms with Crippen LogP contribution in [0.25, 0.3) is 11.3 Å². The van der Waals surface area contributed by atoms with Crippen LogP contribution < -0.4 is 0 Å². The molecule has 5 nitrogen and oxygen atoms in total. The van der Waals surface area contributed by atoms with Crippen molar-refractivity contribution in [3.8, 4) is 11.3 Å². The summed E-state index contributed by atoms with van der Waals surface area (Å²) in [5.41, 5.74) is 0.840. The average Bonchev–Trinajstić information content (AvgIpc) is 2.76. The number of benzene rings is 1. The van der Waals surface area contributed by atoms with Crippen LogP contribution >= 0.6 is 11.6 Å². The van der Waals surface area contributed by atoms with E-state index in [4.69, 9.17) is 21.1 Å². The van der Waals surface area contributed by atoms with Gasteiger partial charge in [0.1, 0.15) is 0 Å². The predicted molar refractivity (Wildman–Crippen MR) is 70.9 cm³/mol. The molecule has 0 amide bonds. The molecule has 2 aromatic rings. The van der Waals surface area contributed by atoms with Crippen LogP contribution in [-0.2, 0) is 11.3 Å². The zero-order chi connectivity index (χ0) is 13.8. The molecule has 0 aliphatic rings. The summed E-state index contributed by atoms with van der Waals surface area (Å²) in [7, 11) is 1.69. The number of aliphatic carboxylic acids is 1. The molecular weight excluding hydrogens is 268 g/mol. The summed E-state index contributed by atoms with van der Waals surface area (Å²) in [4.78, 5) is 16.3. The molecule has 0 aliphatic heterocycles. The number of carboxylic acids is 1. The van der Waals surface area contributed by atoms with Crippen LogP contribution in [0.1, 0.15) is 5.89 Å². The van der Waals surface area contributed by atoms with Gasteiger partial charge in [-0.25, -0.2) is 4.98 Å². The Morgan fingerprint density at radius 3 is 3.00 bits per heavy atom. The maximum Gasteiger partial charge on any atom is 0.317 e. The highest BCUT2D eigenvalue weighted by Gasteiger charge is 2.11. The van der Waals surface area contributed by atoms with Gasteiger partial charge in [-0.15, -0.1) is 0 Å². The van der Waals surface area contributed by atoms with E-state index in [1.54, 1.807) is 30.3 Å². The Balaban J connectivity index is 2.09. The van der Waals surface area contributed by atoms with Crippen molar-refractivity contribution in [3.63, 3.8) is 0 Å². The van der Waals surface area contributed by atoms with Crippen molar-refractivity contribution < 1.29 is 14.3 Å². The van der Waals surface area contributed by atoms with E-state index in [0.29, 0.717) is 23.2 Å². The van der Waals surface area contributed by atoms with Gasteiger partial charge in [0.05, 0.1) is 19.3 Å². The molecule has 19 heavy (non-hydrogen) atoms. The number of halogens is 1. The molecular formula is C13H13ClN2O3. The fraction of sp³-hybridized carbons (Fsp3) is 0.231. The maximum absolute atomic E-state index is 10.6. The lowest BCUT2D eigenvalue weighted by molar-refractivity contribution is -0.138. The summed E-state index contributed by atoms with van der Waals surface area (Å²) < 4.78 is 5.57. The summed E-state index contributed by atoms with van der Waals surface area (Å²) in [5.74, 6) is 0.198. The van der Waals surface area contributed by atoms with E-state index < -0.39 is 5.97 Å². The summed E-state index contributed by atoms with van der Waals surface area (Å²) in [5, 5.41) is 9.29. The molecule has 0 spiro atoms. The molecule has 0 atom stereocenters. The zero-order valence-electron chi connectivity index (χ0n) is 10.3. The van der Waals surface area contributed by atoms with E-state index in [9.17, 15) is 4.79 Å². The predicted octanol–water partition coefficient (Wildman–Crippen LogP) is 2.51. The Bertz CT molecular complexity index is 583. The standard InChI is InChI=1S/C13H13ClN2O3/c1-16(8-13(17)18)7-12-15-6-11(19-12)9-3-2-4-10(14)5-9/h2-6H,7-8H2,1H3,(H,17,18). The van der Waals surface area contributed by atoms with Crippen molar-refractivity contribution in [1.82, 2.24) is 9.88 Å². The van der Waals surface area contributed by atoms with E-state index >= 15 is 0 Å². The second-order valence-corrected chi connectivity index (χ2v) is 4.63. The smallest absolute Gasteiger partial charge is 0.317 e. The Kier molecular flexibility index (Phi) is 4.19. The summed E-state index contributed by atoms with van der Waals surface area (Å²) >= 11 is 5.91. The first-order valence-electron chi connectivity index (χ1n) is 5.65. The highest BCUT2D eigenvalue weighted by molar-refractivity contribution is 6.30. The number of likely N-dealkylation sites (N-methyl/N-ethyl adjacent to an activating group) is 1. The SMILES string of the molecule is CN(CC(=O)O)Cc1ncc(-c2cccc(Cl)c2)o1. The fourth-order valence-corrected chi connectivity index (χ4v) is 1.87. The molecule has 6 heteroatoms. The number of nitrogens with zero attached hydrogens (tertiary/aromatic N) is 2. The van der Waals surface area contributed by atoms with Crippen molar-refractivity contribution in [2.75, 3.05) is 13.6 Å². The third-order valence-electron chi connectivity index (χ3n) is 2.47. The highest BCUT2D eigenvalue weighted by Crippen LogP contribution is 2.23. The van der Waals surface area contributed by atoms with Gasteiger partial charge >= 0.3 is 5.97 Å². The quantitative estimate of drug-likeness (QED) is 0.911. The molecule has 0 unspecified atom stereocenters. The number of aromatic nitrogens is 1. The minimum absolute atomic E-state index is 0.0606. The number of oxazole rings is 1. The third-order valence-corrected chi connectivity index (χ3v) is 2.71. The van der Waals surface area contributed by atoms with Crippen LogP contribution in [0.3, 0.4) is 0 Å². The summed E-state index contributed by atoms with van der Waals surface area (Å²) in [6.45, 7) is 0.280. The molecule has 1 aromatic heterocycles. The lowest BCUT2D eigenvalue weighted by atomic mass is 10.2. The summed E-state index contributed by atoms with van der Waals surface area (Å²) in [6.07, 6.45) is 1.61. The first kappa shape index (κ1) is 13.6. The minimum Gasteiger partial charge on any atom is -0.480 e. The molecule has 1 N–H and O–H groups in total. The first-order chi connectivity index (χ1) is 9.04. The molecule has 100 valence electrons. The van der Waals surface area contributed by atoms with Crippen molar-refractivity contribution in [3.05, 3.63) is 41.4 Å². The van der Waals surface area contributed by atoms with Gasteiger partial charge in [-0.3, -0.25) is 9.69 Å². The average molecular weight is 281 g/mol. The Labute approximate surface area is 115 Å². The van der Waals surface area contributed by atoms with Crippen LogP contribution in [0, 0.1) is 0 Å². The van der Waals surface area contributed by atoms with Crippen LogP contribution in [-0.4, -0.2) is 34.6 Å². The molecule has 0 fully saturated rings. The number of carbonyl (C=O) groups is 1. The summed E-state index contributed by atoms with van der Waals surface area (Å²) in [6, 6.07) is 7.27. The lowest BCUT2D eigenvalue weighted by Crippen LogP contribution is -2.25. The fourth-order valence-electron chi connectivity index (χ4n) is 1.68. The third kappa shape index (κ3) is 3.81. The zero-order valence-corrected chi connectivity index (χ0v) is 11.1. The number of rotatable bonds is 5. The molecule has 2 rings (SSSR count). The first-order valence-corrected chi connectivity index (χ1v) is 6.03. The van der Waals surface area contributed by atoms with Gasteiger partial charge in [-0.2, -0.15) is 0 Å². The lowest BCUT2D eigenvalue weighted by Gasteiger charge is -2.10. The molecule has 1 aromatic carbocycles. The maximum atomic E-state index is 10.6. The Hall–Kier alpha value is -1.85. The number of carboxylic acid groups (broad SMARTS) is 1. The van der Waals surface area contributed by atoms with Crippen molar-refractivity contribution in [2.45, 2.75) is 6.54 Å². The van der Waals surface area contributed by atoms with Crippen LogP contribution in [0.2, 0.25) is 5.02 Å². The van der Waals surface area contributed by atoms with E-state index in [1.807, 2.05) is 12.1 Å². The normalized spacial score (nSPS) is 10.9. The largest absolute Gasteiger partial charge is 0.480 e. The van der Waals surface area contributed by atoms with Crippen molar-refractivity contribution in [1.29, 1.82) is 0 Å². The molecule has 0 radical (unpaired) electrons. The van der Waals surface area contributed by atoms with Crippen LogP contribution in [0.15, 0.2) is 34.9 Å². The molecule has 0 aliphatic carbocycles. The van der Waals surface area contributed by atoms with E-state index in [-0.39, 0.29) is 6.54 Å². The van der Waals surface area contributed by atoms with Gasteiger partial charge in [0.2, 0.25) is 5.89 Å². The van der Waals surface area contributed by atoms with Gasteiger partial charge in [-0.1, -0.05) is 23.7 Å². The van der Waals surface area contributed by atoms with E-state index in [1.165, 1.54) is 0 Å². The molecule has 0 saturated carbocycles. The van der Waals surface area contributed by atoms with Crippen molar-refractivity contribution in [2.24, 2.45) is 0 Å². The van der Waals surface area contributed by atoms with Gasteiger partial charge in [0.25, 0.3) is 0 Å². The van der Waals surface area contributed by atoms with Gasteiger partial charge in [0.15, 0.2) is 5.76 Å².